The van der Waals surface area contributed by atoms with Crippen LogP contribution >= 0.6 is 0 Å². The number of para-hydroxylation sites is 1. The van der Waals surface area contributed by atoms with Gasteiger partial charge in [0.05, 0.1) is 10.4 Å². The molecule has 98 valence electrons. The molecular weight excluding hydrogens is 252 g/mol. The van der Waals surface area contributed by atoms with E-state index in [0.717, 1.165) is 24.2 Å². The Kier molecular flexibility index (Phi) is 3.68. The van der Waals surface area contributed by atoms with Crippen molar-refractivity contribution in [3.05, 3.63) is 24.0 Å². The second kappa shape index (κ2) is 5.07. The molecule has 1 heterocycles. The Morgan fingerprint density at radius 2 is 2.17 bits per heavy atom. The maximum Gasteiger partial charge on any atom is 0.177 e. The highest BCUT2D eigenvalue weighted by atomic mass is 32.2. The van der Waals surface area contributed by atoms with Gasteiger partial charge in [0.15, 0.2) is 9.84 Å². The fourth-order valence-electron chi connectivity index (χ4n) is 1.86. The van der Waals surface area contributed by atoms with Crippen LogP contribution in [-0.4, -0.2) is 38.4 Å². The minimum atomic E-state index is -3.25. The highest BCUT2D eigenvalue weighted by Crippen LogP contribution is 2.21. The number of hydrogen-bond acceptors (Lipinski definition) is 4. The lowest BCUT2D eigenvalue weighted by Gasteiger charge is -1.97. The number of imidazole rings is 1. The van der Waals surface area contributed by atoms with Crippen LogP contribution in [0, 0.1) is 0 Å². The molecule has 0 amide bonds. The Labute approximate surface area is 106 Å². The molecule has 0 unspecified atom stereocenters. The molecule has 0 atom stereocenters. The van der Waals surface area contributed by atoms with E-state index in [1.54, 1.807) is 19.2 Å². The summed E-state index contributed by atoms with van der Waals surface area (Å²) < 4.78 is 28.3. The van der Waals surface area contributed by atoms with Gasteiger partial charge in [-0.15, -0.1) is 0 Å². The number of nitrogens with zero attached hydrogens (tertiary/aromatic N) is 1. The Bertz CT molecular complexity index is 646. The molecule has 0 spiro atoms. The van der Waals surface area contributed by atoms with E-state index in [0.29, 0.717) is 12.1 Å². The summed E-state index contributed by atoms with van der Waals surface area (Å²) in [6.45, 7) is 0.663. The standard InChI is InChI=1S/C12H16N2O3S/c1-17-8-4-7-11-13-9-5-3-6-10(12(9)14-11)18(2,15)16/h3,5-6H,4,7-8H2,1-2H3,(H,13,14). The van der Waals surface area contributed by atoms with Crippen molar-refractivity contribution in [3.63, 3.8) is 0 Å². The molecule has 0 aliphatic rings. The third-order valence-electron chi connectivity index (χ3n) is 2.69. The van der Waals surface area contributed by atoms with E-state index in [1.165, 1.54) is 6.26 Å². The van der Waals surface area contributed by atoms with E-state index in [9.17, 15) is 8.42 Å². The number of aromatic amines is 1. The van der Waals surface area contributed by atoms with Gasteiger partial charge in [-0.05, 0) is 18.6 Å². The van der Waals surface area contributed by atoms with Gasteiger partial charge >= 0.3 is 0 Å². The minimum absolute atomic E-state index is 0.272. The van der Waals surface area contributed by atoms with Gasteiger partial charge in [-0.3, -0.25) is 0 Å². The highest BCUT2D eigenvalue weighted by molar-refractivity contribution is 7.91. The summed E-state index contributed by atoms with van der Waals surface area (Å²) in [6, 6.07) is 5.13. The Morgan fingerprint density at radius 3 is 2.83 bits per heavy atom. The number of fused-ring (bicyclic) bond motifs is 1. The number of sulfone groups is 1. The predicted molar refractivity (Wildman–Crippen MR) is 69.4 cm³/mol. The van der Waals surface area contributed by atoms with Crippen LogP contribution in [0.1, 0.15) is 12.2 Å². The van der Waals surface area contributed by atoms with Gasteiger partial charge in [-0.1, -0.05) is 6.07 Å². The summed E-state index contributed by atoms with van der Waals surface area (Å²) in [7, 11) is -1.60. The van der Waals surface area contributed by atoms with E-state index < -0.39 is 9.84 Å². The molecule has 0 aliphatic heterocycles. The first kappa shape index (κ1) is 13.0. The van der Waals surface area contributed by atoms with Crippen molar-refractivity contribution in [1.82, 2.24) is 9.97 Å². The third kappa shape index (κ3) is 2.70. The first-order valence-electron chi connectivity index (χ1n) is 5.69. The molecule has 2 aromatic rings. The van der Waals surface area contributed by atoms with Crippen molar-refractivity contribution in [3.8, 4) is 0 Å². The molecule has 18 heavy (non-hydrogen) atoms. The number of aromatic nitrogens is 2. The number of aryl methyl sites for hydroxylation is 1. The Balaban J connectivity index is 2.39. The van der Waals surface area contributed by atoms with Gasteiger partial charge in [-0.2, -0.15) is 0 Å². The first-order chi connectivity index (χ1) is 8.52. The molecule has 0 saturated carbocycles. The molecule has 1 N–H and O–H groups in total. The molecule has 5 nitrogen and oxygen atoms in total. The zero-order chi connectivity index (χ0) is 13.2. The Hall–Kier alpha value is -1.40. The molecule has 6 heteroatoms. The molecule has 0 fully saturated rings. The number of ether oxygens (including phenoxy) is 1. The normalized spacial score (nSPS) is 12.1. The molecule has 0 saturated heterocycles. The van der Waals surface area contributed by atoms with Gasteiger partial charge in [-0.25, -0.2) is 13.4 Å². The maximum absolute atomic E-state index is 11.6. The summed E-state index contributed by atoms with van der Waals surface area (Å²) in [5.41, 5.74) is 1.28. The second-order valence-electron chi connectivity index (χ2n) is 4.20. The van der Waals surface area contributed by atoms with Crippen LogP contribution < -0.4 is 0 Å². The number of rotatable bonds is 5. The van der Waals surface area contributed by atoms with Crippen LogP contribution in [0.3, 0.4) is 0 Å². The molecular formula is C12H16N2O3S. The van der Waals surface area contributed by atoms with Crippen LogP contribution in [0.25, 0.3) is 11.0 Å². The van der Waals surface area contributed by atoms with Crippen molar-refractivity contribution < 1.29 is 13.2 Å². The molecule has 0 aliphatic carbocycles. The van der Waals surface area contributed by atoms with Gasteiger partial charge in [0.2, 0.25) is 0 Å². The molecule has 2 rings (SSSR count). The van der Waals surface area contributed by atoms with Crippen molar-refractivity contribution >= 4 is 20.9 Å². The lowest BCUT2D eigenvalue weighted by Crippen LogP contribution is -1.98. The number of H-pyrrole nitrogens is 1. The van der Waals surface area contributed by atoms with Crippen molar-refractivity contribution in [1.29, 1.82) is 0 Å². The average Bonchev–Trinajstić information content (AvgIpc) is 2.70. The monoisotopic (exact) mass is 268 g/mol. The molecule has 1 aromatic heterocycles. The van der Waals surface area contributed by atoms with E-state index >= 15 is 0 Å². The number of benzene rings is 1. The third-order valence-corrected chi connectivity index (χ3v) is 3.81. The van der Waals surface area contributed by atoms with Crippen LogP contribution in [0.15, 0.2) is 23.1 Å². The van der Waals surface area contributed by atoms with E-state index in [2.05, 4.69) is 9.97 Å². The van der Waals surface area contributed by atoms with E-state index in [1.807, 2.05) is 6.07 Å². The van der Waals surface area contributed by atoms with Crippen molar-refractivity contribution in [2.45, 2.75) is 17.7 Å². The fraction of sp³-hybridized carbons (Fsp3) is 0.417. The van der Waals surface area contributed by atoms with Crippen LogP contribution in [0.5, 0.6) is 0 Å². The van der Waals surface area contributed by atoms with Gasteiger partial charge in [0.1, 0.15) is 11.3 Å². The Morgan fingerprint density at radius 1 is 1.39 bits per heavy atom. The lowest BCUT2D eigenvalue weighted by atomic mass is 10.3. The average molecular weight is 268 g/mol. The zero-order valence-electron chi connectivity index (χ0n) is 10.4. The minimum Gasteiger partial charge on any atom is -0.385 e. The largest absolute Gasteiger partial charge is 0.385 e. The lowest BCUT2D eigenvalue weighted by molar-refractivity contribution is 0.194. The molecule has 0 radical (unpaired) electrons. The van der Waals surface area contributed by atoms with Crippen molar-refractivity contribution in [2.75, 3.05) is 20.0 Å². The smallest absolute Gasteiger partial charge is 0.177 e. The topological polar surface area (TPSA) is 72.0 Å². The van der Waals surface area contributed by atoms with Gasteiger partial charge < -0.3 is 9.72 Å². The van der Waals surface area contributed by atoms with Crippen LogP contribution in [-0.2, 0) is 21.0 Å². The summed E-state index contributed by atoms with van der Waals surface area (Å²) in [5.74, 6) is 0.790. The number of nitrogens with one attached hydrogen (secondary N) is 1. The summed E-state index contributed by atoms with van der Waals surface area (Å²) in [6.07, 6.45) is 2.79. The quantitative estimate of drug-likeness (QED) is 0.835. The SMILES string of the molecule is COCCCc1nc2c(S(C)(=O)=O)cccc2[nH]1. The number of methoxy groups -OCH3 is 1. The number of hydrogen-bond donors (Lipinski definition) is 1. The zero-order valence-corrected chi connectivity index (χ0v) is 11.3. The summed E-state index contributed by atoms with van der Waals surface area (Å²) in [4.78, 5) is 7.77. The highest BCUT2D eigenvalue weighted by Gasteiger charge is 2.14. The maximum atomic E-state index is 11.6. The summed E-state index contributed by atoms with van der Waals surface area (Å²) >= 11 is 0. The predicted octanol–water partition coefficient (Wildman–Crippen LogP) is 1.55. The molecule has 0 bridgehead atoms. The van der Waals surface area contributed by atoms with Crippen LogP contribution in [0.4, 0.5) is 0 Å². The summed E-state index contributed by atoms with van der Waals surface area (Å²) in [5, 5.41) is 0. The first-order valence-corrected chi connectivity index (χ1v) is 7.58. The van der Waals surface area contributed by atoms with E-state index in [-0.39, 0.29) is 4.90 Å². The fourth-order valence-corrected chi connectivity index (χ4v) is 2.69. The van der Waals surface area contributed by atoms with E-state index in [4.69, 9.17) is 4.74 Å². The van der Waals surface area contributed by atoms with Crippen LogP contribution in [0.2, 0.25) is 0 Å². The van der Waals surface area contributed by atoms with Crippen molar-refractivity contribution in [2.24, 2.45) is 0 Å². The van der Waals surface area contributed by atoms with Gasteiger partial charge in [0, 0.05) is 26.4 Å². The second-order valence-corrected chi connectivity index (χ2v) is 6.19. The molecule has 1 aromatic carbocycles. The van der Waals surface area contributed by atoms with Gasteiger partial charge in [0.25, 0.3) is 0 Å².